The molecule has 76 valence electrons. The minimum absolute atomic E-state index is 0.0210. The van der Waals surface area contributed by atoms with Crippen molar-refractivity contribution in [3.63, 3.8) is 0 Å². The number of carbonyl (C=O) groups excluding carboxylic acids is 1. The molecule has 5 heteroatoms. The number of ketones is 1. The van der Waals surface area contributed by atoms with Gasteiger partial charge in [0.2, 0.25) is 0 Å². The molecule has 0 saturated heterocycles. The molecule has 0 heterocycles. The van der Waals surface area contributed by atoms with Crippen LogP contribution < -0.4 is 4.74 Å². The predicted molar refractivity (Wildman–Crippen MR) is 52.7 cm³/mol. The summed E-state index contributed by atoms with van der Waals surface area (Å²) in [6.45, 7) is 0. The van der Waals surface area contributed by atoms with E-state index in [0.29, 0.717) is 0 Å². The molecule has 0 aromatic heterocycles. The maximum absolute atomic E-state index is 12.9. The molecule has 14 heavy (non-hydrogen) atoms. The first-order valence-corrected chi connectivity index (χ1v) is 4.88. The van der Waals surface area contributed by atoms with Crippen LogP contribution in [0.2, 0.25) is 0 Å². The first kappa shape index (κ1) is 11.0. The van der Waals surface area contributed by atoms with Gasteiger partial charge in [0.15, 0.2) is 17.3 Å². The van der Waals surface area contributed by atoms with E-state index in [1.54, 1.807) is 0 Å². The third-order valence-electron chi connectivity index (χ3n) is 1.68. The SMILES string of the molecule is COc1cc(F)cc(C(=O)CBr)c1O. The Morgan fingerprint density at radius 1 is 1.64 bits per heavy atom. The summed E-state index contributed by atoms with van der Waals surface area (Å²) in [6, 6.07) is 1.99. The molecular formula is C9H8BrFO3. The van der Waals surface area contributed by atoms with Crippen LogP contribution in [0.3, 0.4) is 0 Å². The number of carbonyl (C=O) groups is 1. The average Bonchev–Trinajstić information content (AvgIpc) is 2.19. The molecule has 0 unspecified atom stereocenters. The second-order valence-electron chi connectivity index (χ2n) is 2.56. The second-order valence-corrected chi connectivity index (χ2v) is 3.12. The van der Waals surface area contributed by atoms with Gasteiger partial charge in [0.25, 0.3) is 0 Å². The molecule has 1 aromatic carbocycles. The van der Waals surface area contributed by atoms with Crippen LogP contribution >= 0.6 is 15.9 Å². The Morgan fingerprint density at radius 3 is 2.79 bits per heavy atom. The highest BCUT2D eigenvalue weighted by Crippen LogP contribution is 2.31. The summed E-state index contributed by atoms with van der Waals surface area (Å²) in [5.41, 5.74) is -0.0845. The van der Waals surface area contributed by atoms with Crippen LogP contribution in [0.15, 0.2) is 12.1 Å². The smallest absolute Gasteiger partial charge is 0.177 e. The Morgan fingerprint density at radius 2 is 2.29 bits per heavy atom. The number of methoxy groups -OCH3 is 1. The number of benzene rings is 1. The summed E-state index contributed by atoms with van der Waals surface area (Å²) in [5.74, 6) is -1.41. The van der Waals surface area contributed by atoms with Gasteiger partial charge in [-0.2, -0.15) is 0 Å². The summed E-state index contributed by atoms with van der Waals surface area (Å²) in [4.78, 5) is 11.2. The third-order valence-corrected chi connectivity index (χ3v) is 2.19. The van der Waals surface area contributed by atoms with Gasteiger partial charge in [0.05, 0.1) is 18.0 Å². The fourth-order valence-corrected chi connectivity index (χ4v) is 1.32. The number of hydrogen-bond acceptors (Lipinski definition) is 3. The van der Waals surface area contributed by atoms with Gasteiger partial charge in [-0.15, -0.1) is 0 Å². The molecule has 0 aliphatic rings. The minimum Gasteiger partial charge on any atom is -0.504 e. The van der Waals surface area contributed by atoms with Crippen molar-refractivity contribution in [2.45, 2.75) is 0 Å². The molecule has 0 aliphatic carbocycles. The van der Waals surface area contributed by atoms with Crippen molar-refractivity contribution < 1.29 is 19.0 Å². The Balaban J connectivity index is 3.29. The topological polar surface area (TPSA) is 46.5 Å². The number of phenolic OH excluding ortho intramolecular Hbond substituents is 1. The maximum atomic E-state index is 12.9. The third kappa shape index (κ3) is 2.04. The summed E-state index contributed by atoms with van der Waals surface area (Å²) >= 11 is 2.93. The van der Waals surface area contributed by atoms with Gasteiger partial charge >= 0.3 is 0 Å². The van der Waals surface area contributed by atoms with Crippen molar-refractivity contribution in [1.29, 1.82) is 0 Å². The number of phenols is 1. The van der Waals surface area contributed by atoms with Crippen molar-refractivity contribution in [2.24, 2.45) is 0 Å². The first-order valence-electron chi connectivity index (χ1n) is 3.75. The summed E-state index contributed by atoms with van der Waals surface area (Å²) < 4.78 is 17.6. The van der Waals surface area contributed by atoms with Crippen LogP contribution in [0.4, 0.5) is 4.39 Å². The second kappa shape index (κ2) is 4.41. The summed E-state index contributed by atoms with van der Waals surface area (Å²) in [7, 11) is 1.29. The average molecular weight is 263 g/mol. The van der Waals surface area contributed by atoms with Gasteiger partial charge in [-0.25, -0.2) is 4.39 Å². The van der Waals surface area contributed by atoms with Crippen LogP contribution in [0, 0.1) is 5.82 Å². The van der Waals surface area contributed by atoms with Crippen molar-refractivity contribution in [1.82, 2.24) is 0 Å². The lowest BCUT2D eigenvalue weighted by Crippen LogP contribution is -2.02. The molecule has 1 N–H and O–H groups in total. The normalized spacial score (nSPS) is 9.93. The fourth-order valence-electron chi connectivity index (χ4n) is 1.01. The Hall–Kier alpha value is -1.10. The largest absolute Gasteiger partial charge is 0.504 e. The van der Waals surface area contributed by atoms with E-state index in [2.05, 4.69) is 15.9 Å². The lowest BCUT2D eigenvalue weighted by atomic mass is 10.1. The number of aromatic hydroxyl groups is 1. The molecule has 3 nitrogen and oxygen atoms in total. The number of rotatable bonds is 3. The molecule has 0 saturated carbocycles. The van der Waals surface area contributed by atoms with Crippen molar-refractivity contribution in [3.8, 4) is 11.5 Å². The highest BCUT2D eigenvalue weighted by molar-refractivity contribution is 9.09. The Kier molecular flexibility index (Phi) is 3.46. The van der Waals surface area contributed by atoms with Crippen LogP contribution in [0.1, 0.15) is 10.4 Å². The van der Waals surface area contributed by atoms with Gasteiger partial charge in [-0.1, -0.05) is 15.9 Å². The van der Waals surface area contributed by atoms with Crippen LogP contribution in [0.25, 0.3) is 0 Å². The highest BCUT2D eigenvalue weighted by Gasteiger charge is 2.15. The highest BCUT2D eigenvalue weighted by atomic mass is 79.9. The van der Waals surface area contributed by atoms with E-state index < -0.39 is 11.6 Å². The number of alkyl halides is 1. The van der Waals surface area contributed by atoms with E-state index in [4.69, 9.17) is 4.74 Å². The summed E-state index contributed by atoms with van der Waals surface area (Å²) in [6.07, 6.45) is 0. The van der Waals surface area contributed by atoms with Crippen LogP contribution in [-0.2, 0) is 0 Å². The number of hydrogen-bond donors (Lipinski definition) is 1. The first-order chi connectivity index (χ1) is 6.60. The zero-order valence-corrected chi connectivity index (χ0v) is 8.97. The van der Waals surface area contributed by atoms with E-state index in [0.717, 1.165) is 12.1 Å². The lowest BCUT2D eigenvalue weighted by molar-refractivity contribution is 0.102. The van der Waals surface area contributed by atoms with Gasteiger partial charge in [-0.05, 0) is 6.07 Å². The number of halogens is 2. The predicted octanol–water partition coefficient (Wildman–Crippen LogP) is 2.12. The lowest BCUT2D eigenvalue weighted by Gasteiger charge is -2.07. The molecule has 1 aromatic rings. The standard InChI is InChI=1S/C9H8BrFO3/c1-14-8-3-5(11)2-6(9(8)13)7(12)4-10/h2-3,13H,4H2,1H3. The van der Waals surface area contributed by atoms with Gasteiger partial charge in [0, 0.05) is 6.07 Å². The van der Waals surface area contributed by atoms with E-state index in [-0.39, 0.29) is 22.4 Å². The van der Waals surface area contributed by atoms with Crippen LogP contribution in [-0.4, -0.2) is 23.3 Å². The molecule has 0 spiro atoms. The molecular weight excluding hydrogens is 255 g/mol. The molecule has 0 fully saturated rings. The van der Waals surface area contributed by atoms with E-state index in [9.17, 15) is 14.3 Å². The molecule has 0 radical (unpaired) electrons. The van der Waals surface area contributed by atoms with E-state index in [1.165, 1.54) is 7.11 Å². The molecule has 0 atom stereocenters. The monoisotopic (exact) mass is 262 g/mol. The molecule has 0 bridgehead atoms. The van der Waals surface area contributed by atoms with Gasteiger partial charge < -0.3 is 9.84 Å². The van der Waals surface area contributed by atoms with Gasteiger partial charge in [-0.3, -0.25) is 4.79 Å². The van der Waals surface area contributed by atoms with Gasteiger partial charge in [0.1, 0.15) is 5.82 Å². The zero-order valence-electron chi connectivity index (χ0n) is 7.38. The number of ether oxygens (including phenoxy) is 1. The minimum atomic E-state index is -0.621. The quantitative estimate of drug-likeness (QED) is 0.671. The van der Waals surface area contributed by atoms with Crippen LogP contribution in [0.5, 0.6) is 11.5 Å². The Bertz CT molecular complexity index is 365. The van der Waals surface area contributed by atoms with E-state index in [1.807, 2.05) is 0 Å². The summed E-state index contributed by atoms with van der Waals surface area (Å²) in [5, 5.41) is 9.50. The molecule has 0 amide bonds. The van der Waals surface area contributed by atoms with Crippen molar-refractivity contribution in [2.75, 3.05) is 12.4 Å². The molecule has 0 aliphatic heterocycles. The Labute approximate surface area is 88.6 Å². The zero-order chi connectivity index (χ0) is 10.7. The van der Waals surface area contributed by atoms with E-state index >= 15 is 0 Å². The maximum Gasteiger partial charge on any atom is 0.177 e. The van der Waals surface area contributed by atoms with Crippen molar-refractivity contribution in [3.05, 3.63) is 23.5 Å². The van der Waals surface area contributed by atoms with Crippen molar-refractivity contribution >= 4 is 21.7 Å². The fraction of sp³-hybridized carbons (Fsp3) is 0.222. The number of Topliss-reactive ketones (excluding diaryl/α,β-unsaturated/α-hetero) is 1. The molecule has 1 rings (SSSR count).